The molecule has 1 heterocycles. The smallest absolute Gasteiger partial charge is 0.322 e. The molecule has 15 heavy (non-hydrogen) atoms. The summed E-state index contributed by atoms with van der Waals surface area (Å²) in [4.78, 5) is 8.04. The van der Waals surface area contributed by atoms with Gasteiger partial charge in [0.1, 0.15) is 0 Å². The first-order valence-corrected chi connectivity index (χ1v) is 4.75. The number of halogens is 1. The van der Waals surface area contributed by atoms with E-state index in [9.17, 15) is 0 Å². The fourth-order valence-electron chi connectivity index (χ4n) is 1.15. The SMILES string of the molecule is COc1nc(OC)c(C(C)Cl)c(OC)n1. The number of aromatic nitrogens is 2. The third-order valence-electron chi connectivity index (χ3n) is 1.82. The highest BCUT2D eigenvalue weighted by Gasteiger charge is 2.20. The van der Waals surface area contributed by atoms with Crippen LogP contribution in [-0.2, 0) is 0 Å². The van der Waals surface area contributed by atoms with Gasteiger partial charge in [0.15, 0.2) is 0 Å². The molecule has 84 valence electrons. The van der Waals surface area contributed by atoms with Crippen LogP contribution in [0.4, 0.5) is 0 Å². The first-order chi connectivity index (χ1) is 7.13. The van der Waals surface area contributed by atoms with Gasteiger partial charge in [0, 0.05) is 0 Å². The minimum atomic E-state index is -0.305. The number of nitrogens with zero attached hydrogens (tertiary/aromatic N) is 2. The molecule has 5 nitrogen and oxygen atoms in total. The van der Waals surface area contributed by atoms with Crippen LogP contribution < -0.4 is 14.2 Å². The molecule has 0 N–H and O–H groups in total. The molecule has 0 saturated heterocycles. The molecule has 0 spiro atoms. The molecular weight excluding hydrogens is 220 g/mol. The lowest BCUT2D eigenvalue weighted by atomic mass is 10.2. The number of hydrogen-bond donors (Lipinski definition) is 0. The summed E-state index contributed by atoms with van der Waals surface area (Å²) >= 11 is 5.99. The number of hydrogen-bond acceptors (Lipinski definition) is 5. The van der Waals surface area contributed by atoms with Gasteiger partial charge in [0.25, 0.3) is 0 Å². The molecule has 0 aliphatic carbocycles. The highest BCUT2D eigenvalue weighted by atomic mass is 35.5. The summed E-state index contributed by atoms with van der Waals surface area (Å²) in [5.41, 5.74) is 0.613. The fourth-order valence-corrected chi connectivity index (χ4v) is 1.34. The fraction of sp³-hybridized carbons (Fsp3) is 0.556. The Morgan fingerprint density at radius 2 is 1.47 bits per heavy atom. The van der Waals surface area contributed by atoms with Crippen molar-refractivity contribution in [2.45, 2.75) is 12.3 Å². The van der Waals surface area contributed by atoms with Crippen molar-refractivity contribution in [1.82, 2.24) is 9.97 Å². The Hall–Kier alpha value is -1.23. The van der Waals surface area contributed by atoms with Gasteiger partial charge in [0.2, 0.25) is 11.8 Å². The molecule has 1 aromatic rings. The molecule has 0 bridgehead atoms. The predicted octanol–water partition coefficient (Wildman–Crippen LogP) is 1.80. The van der Waals surface area contributed by atoms with Crippen LogP contribution >= 0.6 is 11.6 Å². The highest BCUT2D eigenvalue weighted by Crippen LogP contribution is 2.35. The van der Waals surface area contributed by atoms with Gasteiger partial charge in [-0.25, -0.2) is 0 Å². The minimum Gasteiger partial charge on any atom is -0.480 e. The Morgan fingerprint density at radius 3 is 1.73 bits per heavy atom. The van der Waals surface area contributed by atoms with E-state index in [1.165, 1.54) is 21.3 Å². The zero-order chi connectivity index (χ0) is 11.4. The standard InChI is InChI=1S/C9H13ClN2O3/c1-5(10)6-7(13-2)11-9(15-4)12-8(6)14-3/h5H,1-4H3. The lowest BCUT2D eigenvalue weighted by Crippen LogP contribution is -2.04. The molecule has 1 atom stereocenters. The monoisotopic (exact) mass is 232 g/mol. The summed E-state index contributed by atoms with van der Waals surface area (Å²) in [6, 6.07) is 0.185. The molecule has 6 heteroatoms. The van der Waals surface area contributed by atoms with Crippen molar-refractivity contribution in [3.8, 4) is 17.8 Å². The largest absolute Gasteiger partial charge is 0.480 e. The van der Waals surface area contributed by atoms with E-state index in [-0.39, 0.29) is 11.4 Å². The van der Waals surface area contributed by atoms with E-state index in [4.69, 9.17) is 25.8 Å². The first kappa shape index (κ1) is 11.8. The van der Waals surface area contributed by atoms with Crippen LogP contribution in [-0.4, -0.2) is 31.3 Å². The first-order valence-electron chi connectivity index (χ1n) is 4.32. The zero-order valence-corrected chi connectivity index (χ0v) is 9.83. The van der Waals surface area contributed by atoms with Gasteiger partial charge in [-0.05, 0) is 6.92 Å². The number of methoxy groups -OCH3 is 3. The Labute approximate surface area is 93.3 Å². The summed E-state index contributed by atoms with van der Waals surface area (Å²) in [5, 5.41) is -0.305. The molecule has 1 aromatic heterocycles. The van der Waals surface area contributed by atoms with Crippen LogP contribution in [0.25, 0.3) is 0 Å². The summed E-state index contributed by atoms with van der Waals surface area (Å²) < 4.78 is 15.1. The van der Waals surface area contributed by atoms with Gasteiger partial charge in [0.05, 0.1) is 32.3 Å². The van der Waals surface area contributed by atoms with Gasteiger partial charge in [-0.15, -0.1) is 11.6 Å². The second kappa shape index (κ2) is 5.02. The van der Waals surface area contributed by atoms with Crippen molar-refractivity contribution in [3.05, 3.63) is 5.56 Å². The van der Waals surface area contributed by atoms with Crippen molar-refractivity contribution in [2.75, 3.05) is 21.3 Å². The minimum absolute atomic E-state index is 0.185. The van der Waals surface area contributed by atoms with Gasteiger partial charge in [-0.1, -0.05) is 0 Å². The van der Waals surface area contributed by atoms with Crippen molar-refractivity contribution < 1.29 is 14.2 Å². The Morgan fingerprint density at radius 1 is 1.00 bits per heavy atom. The molecule has 0 aromatic carbocycles. The molecule has 0 aliphatic heterocycles. The Bertz CT molecular complexity index is 319. The third kappa shape index (κ3) is 2.41. The lowest BCUT2D eigenvalue weighted by Gasteiger charge is -2.13. The zero-order valence-electron chi connectivity index (χ0n) is 9.07. The van der Waals surface area contributed by atoms with Crippen LogP contribution in [0, 0.1) is 0 Å². The maximum atomic E-state index is 5.99. The van der Waals surface area contributed by atoms with E-state index in [1.54, 1.807) is 6.92 Å². The molecule has 0 fully saturated rings. The normalized spacial score (nSPS) is 12.1. The summed E-state index contributed by atoms with van der Waals surface area (Å²) in [7, 11) is 4.48. The average Bonchev–Trinajstić information content (AvgIpc) is 2.26. The number of ether oxygens (including phenoxy) is 3. The third-order valence-corrected chi connectivity index (χ3v) is 2.04. The molecule has 1 rings (SSSR count). The second-order valence-corrected chi connectivity index (χ2v) is 3.41. The summed E-state index contributed by atoms with van der Waals surface area (Å²) in [6.07, 6.45) is 0. The topological polar surface area (TPSA) is 53.5 Å². The second-order valence-electron chi connectivity index (χ2n) is 2.76. The van der Waals surface area contributed by atoms with Gasteiger partial charge in [-0.3, -0.25) is 0 Å². The quantitative estimate of drug-likeness (QED) is 0.741. The van der Waals surface area contributed by atoms with Crippen molar-refractivity contribution in [3.63, 3.8) is 0 Å². The molecule has 0 aliphatic rings. The summed E-state index contributed by atoms with van der Waals surface area (Å²) in [6.45, 7) is 1.79. The van der Waals surface area contributed by atoms with Crippen LogP contribution in [0.5, 0.6) is 17.8 Å². The van der Waals surface area contributed by atoms with Crippen LogP contribution in [0.3, 0.4) is 0 Å². The van der Waals surface area contributed by atoms with E-state index in [1.807, 2.05) is 0 Å². The van der Waals surface area contributed by atoms with E-state index in [0.717, 1.165) is 0 Å². The van der Waals surface area contributed by atoms with Gasteiger partial charge >= 0.3 is 6.01 Å². The Kier molecular flexibility index (Phi) is 3.96. The predicted molar refractivity (Wildman–Crippen MR) is 56.0 cm³/mol. The molecule has 0 saturated carbocycles. The summed E-state index contributed by atoms with van der Waals surface area (Å²) in [5.74, 6) is 0.724. The van der Waals surface area contributed by atoms with Crippen LogP contribution in [0.2, 0.25) is 0 Å². The van der Waals surface area contributed by atoms with E-state index in [0.29, 0.717) is 17.3 Å². The van der Waals surface area contributed by atoms with E-state index >= 15 is 0 Å². The van der Waals surface area contributed by atoms with Crippen molar-refractivity contribution in [1.29, 1.82) is 0 Å². The van der Waals surface area contributed by atoms with Crippen molar-refractivity contribution in [2.24, 2.45) is 0 Å². The number of alkyl halides is 1. The Balaban J connectivity index is 3.32. The molecular formula is C9H13ClN2O3. The molecule has 1 unspecified atom stereocenters. The maximum Gasteiger partial charge on any atom is 0.322 e. The van der Waals surface area contributed by atoms with E-state index in [2.05, 4.69) is 9.97 Å². The number of rotatable bonds is 4. The molecule has 0 amide bonds. The van der Waals surface area contributed by atoms with Crippen LogP contribution in [0.15, 0.2) is 0 Å². The maximum absolute atomic E-state index is 5.99. The molecule has 0 radical (unpaired) electrons. The van der Waals surface area contributed by atoms with Crippen molar-refractivity contribution >= 4 is 11.6 Å². The van der Waals surface area contributed by atoms with Gasteiger partial charge < -0.3 is 14.2 Å². The lowest BCUT2D eigenvalue weighted by molar-refractivity contribution is 0.323. The highest BCUT2D eigenvalue weighted by molar-refractivity contribution is 6.20. The van der Waals surface area contributed by atoms with E-state index < -0.39 is 0 Å². The van der Waals surface area contributed by atoms with Crippen LogP contribution in [0.1, 0.15) is 17.9 Å². The van der Waals surface area contributed by atoms with Gasteiger partial charge in [-0.2, -0.15) is 9.97 Å². The average molecular weight is 233 g/mol.